The molecule has 0 saturated carbocycles. The van der Waals surface area contributed by atoms with Crippen LogP contribution in [0.4, 0.5) is 0 Å². The molecule has 0 aliphatic heterocycles. The van der Waals surface area contributed by atoms with Crippen molar-refractivity contribution in [1.82, 2.24) is 24.6 Å². The standard InChI is InChI=1S/C12H19N5/c1-16-12(4-7-15-16)3-6-13-5-2-9-17-10-8-14-11-17/h4,7-8,10-11,13H,2-3,5-6,9H2,1H3. The van der Waals surface area contributed by atoms with Crippen LogP contribution < -0.4 is 5.32 Å². The van der Waals surface area contributed by atoms with Gasteiger partial charge in [-0.2, -0.15) is 5.10 Å². The molecule has 0 atom stereocenters. The van der Waals surface area contributed by atoms with Gasteiger partial charge in [-0.25, -0.2) is 4.98 Å². The summed E-state index contributed by atoms with van der Waals surface area (Å²) in [6.45, 7) is 3.07. The van der Waals surface area contributed by atoms with Crippen LogP contribution in [0.1, 0.15) is 12.1 Å². The number of nitrogens with zero attached hydrogens (tertiary/aromatic N) is 4. The predicted molar refractivity (Wildman–Crippen MR) is 66.6 cm³/mol. The van der Waals surface area contributed by atoms with Crippen LogP contribution >= 0.6 is 0 Å². The van der Waals surface area contributed by atoms with Crippen molar-refractivity contribution in [2.45, 2.75) is 19.4 Å². The minimum Gasteiger partial charge on any atom is -0.337 e. The van der Waals surface area contributed by atoms with Gasteiger partial charge in [0.15, 0.2) is 0 Å². The molecule has 0 saturated heterocycles. The fourth-order valence-corrected chi connectivity index (χ4v) is 1.79. The minimum atomic E-state index is 1.00. The van der Waals surface area contributed by atoms with Crippen molar-refractivity contribution in [3.63, 3.8) is 0 Å². The van der Waals surface area contributed by atoms with Crippen molar-refractivity contribution in [2.24, 2.45) is 7.05 Å². The number of hydrogen-bond acceptors (Lipinski definition) is 3. The topological polar surface area (TPSA) is 47.7 Å². The summed E-state index contributed by atoms with van der Waals surface area (Å²) in [4.78, 5) is 4.01. The van der Waals surface area contributed by atoms with E-state index >= 15 is 0 Å². The second kappa shape index (κ2) is 6.20. The Morgan fingerprint density at radius 3 is 2.94 bits per heavy atom. The Kier molecular flexibility index (Phi) is 4.32. The van der Waals surface area contributed by atoms with E-state index in [1.165, 1.54) is 5.69 Å². The summed E-state index contributed by atoms with van der Waals surface area (Å²) in [6.07, 6.45) is 9.67. The summed E-state index contributed by atoms with van der Waals surface area (Å²) in [7, 11) is 1.98. The number of imidazole rings is 1. The fraction of sp³-hybridized carbons (Fsp3) is 0.500. The zero-order valence-corrected chi connectivity index (χ0v) is 10.2. The van der Waals surface area contributed by atoms with E-state index < -0.39 is 0 Å². The molecule has 0 aliphatic rings. The molecule has 0 radical (unpaired) electrons. The van der Waals surface area contributed by atoms with Crippen LogP contribution in [0, 0.1) is 0 Å². The maximum absolute atomic E-state index is 4.14. The smallest absolute Gasteiger partial charge is 0.0945 e. The van der Waals surface area contributed by atoms with Gasteiger partial charge in [0, 0.05) is 50.8 Å². The van der Waals surface area contributed by atoms with Gasteiger partial charge in [-0.15, -0.1) is 0 Å². The molecular formula is C12H19N5. The highest BCUT2D eigenvalue weighted by molar-refractivity contribution is 5.00. The summed E-state index contributed by atoms with van der Waals surface area (Å²) in [5, 5.41) is 7.58. The van der Waals surface area contributed by atoms with E-state index in [-0.39, 0.29) is 0 Å². The quantitative estimate of drug-likeness (QED) is 0.721. The van der Waals surface area contributed by atoms with Gasteiger partial charge >= 0.3 is 0 Å². The van der Waals surface area contributed by atoms with Gasteiger partial charge in [0.25, 0.3) is 0 Å². The first-order valence-electron chi connectivity index (χ1n) is 5.99. The molecule has 5 nitrogen and oxygen atoms in total. The number of rotatable bonds is 7. The molecule has 0 aromatic carbocycles. The Labute approximate surface area is 101 Å². The summed E-state index contributed by atoms with van der Waals surface area (Å²) >= 11 is 0. The molecule has 0 unspecified atom stereocenters. The number of hydrogen-bond donors (Lipinski definition) is 1. The summed E-state index contributed by atoms with van der Waals surface area (Å²) < 4.78 is 4.02. The van der Waals surface area contributed by atoms with E-state index in [1.54, 1.807) is 0 Å². The zero-order chi connectivity index (χ0) is 11.9. The van der Waals surface area contributed by atoms with Crippen molar-refractivity contribution in [1.29, 1.82) is 0 Å². The lowest BCUT2D eigenvalue weighted by Gasteiger charge is -2.05. The van der Waals surface area contributed by atoms with E-state index in [2.05, 4.69) is 26.0 Å². The lowest BCUT2D eigenvalue weighted by molar-refractivity contribution is 0.574. The average Bonchev–Trinajstić information content (AvgIpc) is 2.95. The molecule has 5 heteroatoms. The Morgan fingerprint density at radius 1 is 1.29 bits per heavy atom. The maximum Gasteiger partial charge on any atom is 0.0945 e. The molecule has 92 valence electrons. The second-order valence-electron chi connectivity index (χ2n) is 4.10. The van der Waals surface area contributed by atoms with E-state index in [0.717, 1.165) is 32.5 Å². The van der Waals surface area contributed by atoms with Gasteiger partial charge in [0.2, 0.25) is 0 Å². The molecule has 2 aromatic heterocycles. The third kappa shape index (κ3) is 3.71. The molecule has 2 rings (SSSR count). The molecule has 0 fully saturated rings. The lowest BCUT2D eigenvalue weighted by Crippen LogP contribution is -2.20. The van der Waals surface area contributed by atoms with Gasteiger partial charge in [-0.1, -0.05) is 0 Å². The number of aromatic nitrogens is 4. The largest absolute Gasteiger partial charge is 0.337 e. The summed E-state index contributed by atoms with van der Waals surface area (Å²) in [5.74, 6) is 0. The maximum atomic E-state index is 4.14. The van der Waals surface area contributed by atoms with Gasteiger partial charge in [-0.3, -0.25) is 4.68 Å². The minimum absolute atomic E-state index is 1.00. The van der Waals surface area contributed by atoms with Crippen LogP contribution in [0.5, 0.6) is 0 Å². The molecule has 2 heterocycles. The Balaban J connectivity index is 1.54. The first-order chi connectivity index (χ1) is 8.36. The SMILES string of the molecule is Cn1nccc1CCNCCCn1ccnc1. The monoisotopic (exact) mass is 233 g/mol. The zero-order valence-electron chi connectivity index (χ0n) is 10.2. The van der Waals surface area contributed by atoms with Gasteiger partial charge in [-0.05, 0) is 19.0 Å². The van der Waals surface area contributed by atoms with E-state index in [4.69, 9.17) is 0 Å². The molecule has 2 aromatic rings. The van der Waals surface area contributed by atoms with Crippen molar-refractivity contribution in [3.05, 3.63) is 36.7 Å². The lowest BCUT2D eigenvalue weighted by atomic mass is 10.3. The van der Waals surface area contributed by atoms with Crippen molar-refractivity contribution in [3.8, 4) is 0 Å². The number of aryl methyl sites for hydroxylation is 2. The molecule has 0 bridgehead atoms. The Morgan fingerprint density at radius 2 is 2.24 bits per heavy atom. The molecule has 1 N–H and O–H groups in total. The molecule has 0 spiro atoms. The predicted octanol–water partition coefficient (Wildman–Crippen LogP) is 0.839. The molecular weight excluding hydrogens is 214 g/mol. The third-order valence-electron chi connectivity index (χ3n) is 2.81. The molecule has 17 heavy (non-hydrogen) atoms. The van der Waals surface area contributed by atoms with Gasteiger partial charge in [0.1, 0.15) is 0 Å². The highest BCUT2D eigenvalue weighted by atomic mass is 15.3. The average molecular weight is 233 g/mol. The van der Waals surface area contributed by atoms with Crippen LogP contribution in [0.15, 0.2) is 31.0 Å². The molecule has 0 aliphatic carbocycles. The second-order valence-corrected chi connectivity index (χ2v) is 4.10. The fourth-order valence-electron chi connectivity index (χ4n) is 1.79. The Hall–Kier alpha value is -1.62. The van der Waals surface area contributed by atoms with Crippen LogP contribution in [0.3, 0.4) is 0 Å². The first-order valence-corrected chi connectivity index (χ1v) is 5.99. The summed E-state index contributed by atoms with van der Waals surface area (Å²) in [6, 6.07) is 2.06. The first kappa shape index (κ1) is 11.9. The normalized spacial score (nSPS) is 10.9. The van der Waals surface area contributed by atoms with Crippen molar-refractivity contribution >= 4 is 0 Å². The van der Waals surface area contributed by atoms with E-state index in [1.807, 2.05) is 36.6 Å². The van der Waals surface area contributed by atoms with E-state index in [9.17, 15) is 0 Å². The number of nitrogens with one attached hydrogen (secondary N) is 1. The summed E-state index contributed by atoms with van der Waals surface area (Å²) in [5.41, 5.74) is 1.27. The van der Waals surface area contributed by atoms with Crippen molar-refractivity contribution < 1.29 is 0 Å². The van der Waals surface area contributed by atoms with Crippen LogP contribution in [-0.2, 0) is 20.0 Å². The van der Waals surface area contributed by atoms with Gasteiger partial charge in [0.05, 0.1) is 6.33 Å². The molecule has 0 amide bonds. The van der Waals surface area contributed by atoms with Crippen LogP contribution in [-0.4, -0.2) is 32.4 Å². The van der Waals surface area contributed by atoms with E-state index in [0.29, 0.717) is 0 Å². The highest BCUT2D eigenvalue weighted by Gasteiger charge is 1.97. The third-order valence-corrected chi connectivity index (χ3v) is 2.81. The van der Waals surface area contributed by atoms with Gasteiger partial charge < -0.3 is 9.88 Å². The van der Waals surface area contributed by atoms with Crippen molar-refractivity contribution in [2.75, 3.05) is 13.1 Å². The van der Waals surface area contributed by atoms with Crippen LogP contribution in [0.25, 0.3) is 0 Å². The van der Waals surface area contributed by atoms with Crippen LogP contribution in [0.2, 0.25) is 0 Å². The Bertz CT molecular complexity index is 418. The highest BCUT2D eigenvalue weighted by Crippen LogP contribution is 1.96.